The third kappa shape index (κ3) is 4.52. The minimum absolute atomic E-state index is 0.138. The summed E-state index contributed by atoms with van der Waals surface area (Å²) in [7, 11) is 0. The second-order valence-electron chi connectivity index (χ2n) is 5.64. The van der Waals surface area contributed by atoms with E-state index in [1.807, 2.05) is 0 Å². The standard InChI is InChI=1S/C12H21NO5/c1-12(2,3)18-11(17)13-5-4-9(14)8(7-13)6-10(15)16/h8-9,14H,4-7H2,1-3H3,(H,15,16)/t8-,9+/m1/s1. The van der Waals surface area contributed by atoms with Crippen molar-refractivity contribution < 1.29 is 24.5 Å². The summed E-state index contributed by atoms with van der Waals surface area (Å²) in [5.41, 5.74) is -0.574. The molecule has 0 saturated carbocycles. The molecule has 0 radical (unpaired) electrons. The molecule has 18 heavy (non-hydrogen) atoms. The Kier molecular flexibility index (Phi) is 4.56. The summed E-state index contributed by atoms with van der Waals surface area (Å²) in [4.78, 5) is 24.0. The Morgan fingerprint density at radius 3 is 2.50 bits per heavy atom. The van der Waals surface area contributed by atoms with E-state index in [9.17, 15) is 14.7 Å². The zero-order valence-corrected chi connectivity index (χ0v) is 11.0. The molecule has 1 rings (SSSR count). The molecule has 6 nitrogen and oxygen atoms in total. The summed E-state index contributed by atoms with van der Waals surface area (Å²) < 4.78 is 5.22. The summed E-state index contributed by atoms with van der Waals surface area (Å²) >= 11 is 0. The lowest BCUT2D eigenvalue weighted by Gasteiger charge is -2.36. The van der Waals surface area contributed by atoms with Gasteiger partial charge in [-0.1, -0.05) is 0 Å². The number of aliphatic carboxylic acids is 1. The minimum atomic E-state index is -0.968. The quantitative estimate of drug-likeness (QED) is 0.774. The Balaban J connectivity index is 2.58. The monoisotopic (exact) mass is 259 g/mol. The van der Waals surface area contributed by atoms with Crippen molar-refractivity contribution >= 4 is 12.1 Å². The molecule has 1 amide bonds. The van der Waals surface area contributed by atoms with E-state index in [0.29, 0.717) is 13.0 Å². The number of likely N-dealkylation sites (tertiary alicyclic amines) is 1. The Morgan fingerprint density at radius 1 is 1.39 bits per heavy atom. The molecule has 2 atom stereocenters. The number of carbonyl (C=O) groups is 2. The lowest BCUT2D eigenvalue weighted by molar-refractivity contribution is -0.140. The fourth-order valence-corrected chi connectivity index (χ4v) is 1.94. The smallest absolute Gasteiger partial charge is 0.410 e. The zero-order chi connectivity index (χ0) is 13.9. The van der Waals surface area contributed by atoms with Gasteiger partial charge < -0.3 is 19.8 Å². The number of aliphatic hydroxyl groups excluding tert-OH is 1. The van der Waals surface area contributed by atoms with Crippen LogP contribution in [0.4, 0.5) is 4.79 Å². The maximum atomic E-state index is 11.8. The highest BCUT2D eigenvalue weighted by Crippen LogP contribution is 2.22. The Morgan fingerprint density at radius 2 is 2.00 bits per heavy atom. The summed E-state index contributed by atoms with van der Waals surface area (Å²) in [6, 6.07) is 0. The lowest BCUT2D eigenvalue weighted by Crippen LogP contribution is -2.48. The normalized spacial score (nSPS) is 24.8. The van der Waals surface area contributed by atoms with E-state index < -0.39 is 29.7 Å². The molecule has 1 fully saturated rings. The van der Waals surface area contributed by atoms with Crippen LogP contribution in [0.15, 0.2) is 0 Å². The molecule has 0 unspecified atom stereocenters. The first-order chi connectivity index (χ1) is 8.19. The number of rotatable bonds is 2. The summed E-state index contributed by atoms with van der Waals surface area (Å²) in [6.07, 6.45) is -0.873. The van der Waals surface area contributed by atoms with Crippen molar-refractivity contribution in [3.05, 3.63) is 0 Å². The van der Waals surface area contributed by atoms with Crippen molar-refractivity contribution in [3.63, 3.8) is 0 Å². The molecular formula is C12H21NO5. The van der Waals surface area contributed by atoms with Gasteiger partial charge in [0.15, 0.2) is 0 Å². The molecule has 1 aliphatic rings. The largest absolute Gasteiger partial charge is 0.481 e. The summed E-state index contributed by atoms with van der Waals surface area (Å²) in [5.74, 6) is -1.39. The summed E-state index contributed by atoms with van der Waals surface area (Å²) in [5, 5.41) is 18.5. The van der Waals surface area contributed by atoms with Gasteiger partial charge in [-0.05, 0) is 27.2 Å². The van der Waals surface area contributed by atoms with E-state index in [1.54, 1.807) is 20.8 Å². The molecule has 1 heterocycles. The van der Waals surface area contributed by atoms with Crippen LogP contribution < -0.4 is 0 Å². The SMILES string of the molecule is CC(C)(C)OC(=O)N1CC[C@H](O)[C@H](CC(=O)O)C1. The van der Waals surface area contributed by atoms with Gasteiger partial charge >= 0.3 is 12.1 Å². The van der Waals surface area contributed by atoms with Crippen molar-refractivity contribution in [1.29, 1.82) is 0 Å². The van der Waals surface area contributed by atoms with E-state index in [0.717, 1.165) is 0 Å². The Hall–Kier alpha value is -1.30. The molecule has 6 heteroatoms. The highest BCUT2D eigenvalue weighted by Gasteiger charge is 2.33. The average molecular weight is 259 g/mol. The number of amides is 1. The van der Waals surface area contributed by atoms with Crippen LogP contribution in [0.25, 0.3) is 0 Å². The number of carboxylic acids is 1. The molecule has 0 aromatic heterocycles. The number of carboxylic acid groups (broad SMARTS) is 1. The van der Waals surface area contributed by atoms with Crippen LogP contribution in [0.1, 0.15) is 33.6 Å². The number of carbonyl (C=O) groups excluding carboxylic acids is 1. The average Bonchev–Trinajstić information content (AvgIpc) is 2.17. The Labute approximate surface area is 107 Å². The van der Waals surface area contributed by atoms with Gasteiger partial charge in [0.1, 0.15) is 5.60 Å². The molecule has 1 aliphatic heterocycles. The number of nitrogens with zero attached hydrogens (tertiary/aromatic N) is 1. The van der Waals surface area contributed by atoms with Crippen molar-refractivity contribution in [2.24, 2.45) is 5.92 Å². The van der Waals surface area contributed by atoms with E-state index in [-0.39, 0.29) is 13.0 Å². The molecular weight excluding hydrogens is 238 g/mol. The first kappa shape index (κ1) is 14.8. The zero-order valence-electron chi connectivity index (χ0n) is 11.0. The van der Waals surface area contributed by atoms with Gasteiger partial charge in [-0.25, -0.2) is 4.79 Å². The number of piperidine rings is 1. The lowest BCUT2D eigenvalue weighted by atomic mass is 9.92. The fraction of sp³-hybridized carbons (Fsp3) is 0.833. The Bertz CT molecular complexity index is 323. The second-order valence-corrected chi connectivity index (χ2v) is 5.64. The fourth-order valence-electron chi connectivity index (χ4n) is 1.94. The molecule has 0 bridgehead atoms. The highest BCUT2D eigenvalue weighted by atomic mass is 16.6. The molecule has 1 saturated heterocycles. The summed E-state index contributed by atoms with van der Waals surface area (Å²) in [6.45, 7) is 5.95. The third-order valence-corrected chi connectivity index (χ3v) is 2.78. The highest BCUT2D eigenvalue weighted by molar-refractivity contribution is 5.69. The van der Waals surface area contributed by atoms with Crippen LogP contribution in [-0.4, -0.2) is 52.0 Å². The van der Waals surface area contributed by atoms with Crippen LogP contribution in [0.2, 0.25) is 0 Å². The van der Waals surface area contributed by atoms with Crippen LogP contribution in [-0.2, 0) is 9.53 Å². The third-order valence-electron chi connectivity index (χ3n) is 2.78. The number of ether oxygens (including phenoxy) is 1. The van der Waals surface area contributed by atoms with Gasteiger partial charge in [-0.2, -0.15) is 0 Å². The molecule has 0 aliphatic carbocycles. The van der Waals surface area contributed by atoms with Crippen molar-refractivity contribution in [3.8, 4) is 0 Å². The first-order valence-electron chi connectivity index (χ1n) is 6.07. The van der Waals surface area contributed by atoms with Crippen molar-refractivity contribution in [1.82, 2.24) is 4.90 Å². The maximum absolute atomic E-state index is 11.8. The molecule has 104 valence electrons. The van der Waals surface area contributed by atoms with Crippen LogP contribution >= 0.6 is 0 Å². The van der Waals surface area contributed by atoms with Crippen LogP contribution in [0.3, 0.4) is 0 Å². The van der Waals surface area contributed by atoms with E-state index in [1.165, 1.54) is 4.90 Å². The van der Waals surface area contributed by atoms with E-state index in [4.69, 9.17) is 9.84 Å². The van der Waals surface area contributed by atoms with Gasteiger partial charge in [0, 0.05) is 19.0 Å². The van der Waals surface area contributed by atoms with Crippen LogP contribution in [0, 0.1) is 5.92 Å². The molecule has 0 aromatic carbocycles. The van der Waals surface area contributed by atoms with Crippen molar-refractivity contribution in [2.45, 2.75) is 45.3 Å². The maximum Gasteiger partial charge on any atom is 0.410 e. The van der Waals surface area contributed by atoms with Gasteiger partial charge in [-0.15, -0.1) is 0 Å². The van der Waals surface area contributed by atoms with Gasteiger partial charge in [0.25, 0.3) is 0 Å². The predicted octanol–water partition coefficient (Wildman–Crippen LogP) is 1.08. The van der Waals surface area contributed by atoms with Gasteiger partial charge in [0.2, 0.25) is 0 Å². The van der Waals surface area contributed by atoms with E-state index >= 15 is 0 Å². The molecule has 0 aromatic rings. The second kappa shape index (κ2) is 5.56. The first-order valence-corrected chi connectivity index (χ1v) is 6.07. The molecule has 0 spiro atoms. The predicted molar refractivity (Wildman–Crippen MR) is 64.2 cm³/mol. The number of hydrogen-bond acceptors (Lipinski definition) is 4. The number of aliphatic hydroxyl groups is 1. The van der Waals surface area contributed by atoms with Gasteiger partial charge in [0.05, 0.1) is 12.5 Å². The van der Waals surface area contributed by atoms with Crippen LogP contribution in [0.5, 0.6) is 0 Å². The van der Waals surface area contributed by atoms with Crippen molar-refractivity contribution in [2.75, 3.05) is 13.1 Å². The topological polar surface area (TPSA) is 87.1 Å². The van der Waals surface area contributed by atoms with Gasteiger partial charge in [-0.3, -0.25) is 4.79 Å². The number of hydrogen-bond donors (Lipinski definition) is 2. The minimum Gasteiger partial charge on any atom is -0.481 e. The molecule has 2 N–H and O–H groups in total. The van der Waals surface area contributed by atoms with E-state index in [2.05, 4.69) is 0 Å².